The number of carbonyl (C=O) groups is 1. The van der Waals surface area contributed by atoms with Crippen molar-refractivity contribution in [1.82, 2.24) is 4.90 Å². The van der Waals surface area contributed by atoms with Crippen LogP contribution in [0.25, 0.3) is 0 Å². The largest absolute Gasteiger partial charge is 0.315 e. The van der Waals surface area contributed by atoms with E-state index in [4.69, 9.17) is 0 Å². The van der Waals surface area contributed by atoms with Crippen molar-refractivity contribution >= 4 is 22.2 Å². The zero-order chi connectivity index (χ0) is 15.7. The summed E-state index contributed by atoms with van der Waals surface area (Å²) in [5.41, 5.74) is 1.87. The summed E-state index contributed by atoms with van der Waals surface area (Å²) in [5, 5.41) is 13.1. The lowest BCUT2D eigenvalue weighted by Gasteiger charge is -2.34. The topological polar surface area (TPSA) is 56.1 Å². The lowest BCUT2D eigenvalue weighted by Crippen LogP contribution is -2.42. The predicted octanol–water partition coefficient (Wildman–Crippen LogP) is 3.02. The number of amides is 1. The lowest BCUT2D eigenvalue weighted by atomic mass is 9.92. The smallest absolute Gasteiger partial charge is 0.239 e. The van der Waals surface area contributed by atoms with E-state index in [0.29, 0.717) is 23.9 Å². The first-order valence-corrected chi connectivity index (χ1v) is 8.95. The molecule has 0 unspecified atom stereocenters. The van der Waals surface area contributed by atoms with Crippen LogP contribution in [0.4, 0.5) is 5.00 Å². The summed E-state index contributed by atoms with van der Waals surface area (Å²) in [6, 6.07) is 2.28. The van der Waals surface area contributed by atoms with Gasteiger partial charge in [0.25, 0.3) is 0 Å². The molecular formula is C17H23N3OS. The van der Waals surface area contributed by atoms with E-state index in [1.54, 1.807) is 11.3 Å². The molecule has 0 radical (unpaired) electrons. The van der Waals surface area contributed by atoms with E-state index in [1.165, 1.54) is 16.9 Å². The van der Waals surface area contributed by atoms with E-state index in [1.807, 2.05) is 0 Å². The van der Waals surface area contributed by atoms with Crippen LogP contribution >= 0.6 is 11.3 Å². The fourth-order valence-corrected chi connectivity index (χ4v) is 5.16. The first-order chi connectivity index (χ1) is 10.6. The Labute approximate surface area is 136 Å². The second kappa shape index (κ2) is 6.39. The first kappa shape index (κ1) is 15.5. The van der Waals surface area contributed by atoms with Crippen molar-refractivity contribution < 1.29 is 4.79 Å². The molecule has 0 aromatic carbocycles. The number of piperidine rings is 1. The maximum atomic E-state index is 12.3. The maximum Gasteiger partial charge on any atom is 0.239 e. The highest BCUT2D eigenvalue weighted by molar-refractivity contribution is 7.16. The zero-order valence-electron chi connectivity index (χ0n) is 13.3. The molecule has 1 fully saturated rings. The van der Waals surface area contributed by atoms with Crippen molar-refractivity contribution in [3.8, 4) is 6.07 Å². The van der Waals surface area contributed by atoms with Gasteiger partial charge in [0.1, 0.15) is 11.1 Å². The number of fused-ring (bicyclic) bond motifs is 1. The minimum Gasteiger partial charge on any atom is -0.315 e. The summed E-state index contributed by atoms with van der Waals surface area (Å²) in [7, 11) is 0. The molecule has 22 heavy (non-hydrogen) atoms. The predicted molar refractivity (Wildman–Crippen MR) is 89.1 cm³/mol. The van der Waals surface area contributed by atoms with E-state index in [9.17, 15) is 10.1 Å². The van der Waals surface area contributed by atoms with Gasteiger partial charge in [-0.1, -0.05) is 13.8 Å². The van der Waals surface area contributed by atoms with Gasteiger partial charge >= 0.3 is 0 Å². The molecule has 1 aromatic rings. The van der Waals surface area contributed by atoms with Crippen molar-refractivity contribution in [2.45, 2.75) is 39.5 Å². The molecule has 3 rings (SSSR count). The SMILES string of the molecule is C[C@@H]1C[C@@H](C)CN(CC(=O)Nc2sc3c(c2C#N)CCC3)C1. The van der Waals surface area contributed by atoms with Crippen LogP contribution in [0.5, 0.6) is 0 Å². The second-order valence-corrected chi connectivity index (χ2v) is 7.97. The Kier molecular flexibility index (Phi) is 4.51. The van der Waals surface area contributed by atoms with Crippen LogP contribution in [0.1, 0.15) is 42.7 Å². The number of likely N-dealkylation sites (tertiary alicyclic amines) is 1. The Balaban J connectivity index is 1.64. The van der Waals surface area contributed by atoms with Gasteiger partial charge in [0, 0.05) is 18.0 Å². The molecule has 2 atom stereocenters. The fourth-order valence-electron chi connectivity index (χ4n) is 3.90. The monoisotopic (exact) mass is 317 g/mol. The Morgan fingerprint density at radius 3 is 2.77 bits per heavy atom. The first-order valence-electron chi connectivity index (χ1n) is 8.13. The number of anilines is 1. The number of nitrogens with zero attached hydrogens (tertiary/aromatic N) is 2. The molecule has 4 nitrogen and oxygen atoms in total. The Bertz CT molecular complexity index is 606. The molecule has 0 spiro atoms. The molecule has 5 heteroatoms. The van der Waals surface area contributed by atoms with Crippen LogP contribution in [-0.4, -0.2) is 30.4 Å². The summed E-state index contributed by atoms with van der Waals surface area (Å²) in [6.45, 7) is 6.91. The minimum absolute atomic E-state index is 0.0118. The van der Waals surface area contributed by atoms with Gasteiger partial charge in [0.15, 0.2) is 0 Å². The van der Waals surface area contributed by atoms with Crippen LogP contribution in [0.15, 0.2) is 0 Å². The standard InChI is InChI=1S/C17H23N3OS/c1-11-6-12(2)9-20(8-11)10-16(21)19-17-14(7-18)13-4-3-5-15(13)22-17/h11-12H,3-6,8-10H2,1-2H3,(H,19,21)/t11-,12-/m1/s1. The quantitative estimate of drug-likeness (QED) is 0.932. The van der Waals surface area contributed by atoms with Gasteiger partial charge in [-0.2, -0.15) is 5.26 Å². The number of nitrogens with one attached hydrogen (secondary N) is 1. The molecule has 1 N–H and O–H groups in total. The van der Waals surface area contributed by atoms with Crippen LogP contribution in [0.2, 0.25) is 0 Å². The molecular weight excluding hydrogens is 294 g/mol. The third-order valence-electron chi connectivity index (χ3n) is 4.60. The Hall–Kier alpha value is -1.38. The maximum absolute atomic E-state index is 12.3. The number of hydrogen-bond acceptors (Lipinski definition) is 4. The minimum atomic E-state index is 0.0118. The van der Waals surface area contributed by atoms with Gasteiger partial charge in [-0.05, 0) is 43.1 Å². The fraction of sp³-hybridized carbons (Fsp3) is 0.647. The van der Waals surface area contributed by atoms with Crippen molar-refractivity contribution in [2.75, 3.05) is 25.0 Å². The third kappa shape index (κ3) is 3.18. The van der Waals surface area contributed by atoms with Gasteiger partial charge < -0.3 is 5.32 Å². The van der Waals surface area contributed by atoms with Crippen molar-refractivity contribution in [1.29, 1.82) is 5.26 Å². The summed E-state index contributed by atoms with van der Waals surface area (Å²) in [4.78, 5) is 15.9. The van der Waals surface area contributed by atoms with Crippen LogP contribution < -0.4 is 5.32 Å². The molecule has 0 saturated carbocycles. The molecule has 1 aliphatic heterocycles. The molecule has 1 aromatic heterocycles. The van der Waals surface area contributed by atoms with E-state index < -0.39 is 0 Å². The van der Waals surface area contributed by atoms with Gasteiger partial charge in [-0.25, -0.2) is 0 Å². The number of carbonyl (C=O) groups excluding carboxylic acids is 1. The van der Waals surface area contributed by atoms with E-state index in [0.717, 1.165) is 37.4 Å². The van der Waals surface area contributed by atoms with Gasteiger partial charge in [0.05, 0.1) is 12.1 Å². The molecule has 2 aliphatic rings. The molecule has 1 saturated heterocycles. The number of rotatable bonds is 3. The van der Waals surface area contributed by atoms with Crippen molar-refractivity contribution in [3.63, 3.8) is 0 Å². The summed E-state index contributed by atoms with van der Waals surface area (Å²) >= 11 is 1.59. The van der Waals surface area contributed by atoms with E-state index >= 15 is 0 Å². The molecule has 1 aliphatic carbocycles. The normalized spacial score (nSPS) is 24.8. The average Bonchev–Trinajstić information content (AvgIpc) is 2.97. The molecule has 1 amide bonds. The highest BCUT2D eigenvalue weighted by atomic mass is 32.1. The van der Waals surface area contributed by atoms with E-state index in [2.05, 4.69) is 30.1 Å². The zero-order valence-corrected chi connectivity index (χ0v) is 14.1. The van der Waals surface area contributed by atoms with Gasteiger partial charge in [0.2, 0.25) is 5.91 Å². The van der Waals surface area contributed by atoms with Crippen LogP contribution in [-0.2, 0) is 17.6 Å². The molecule has 2 heterocycles. The van der Waals surface area contributed by atoms with Gasteiger partial charge in [-0.3, -0.25) is 9.69 Å². The highest BCUT2D eigenvalue weighted by Crippen LogP contribution is 2.38. The average molecular weight is 317 g/mol. The van der Waals surface area contributed by atoms with Crippen LogP contribution in [0, 0.1) is 23.2 Å². The Morgan fingerprint density at radius 1 is 1.36 bits per heavy atom. The summed E-state index contributed by atoms with van der Waals surface area (Å²) < 4.78 is 0. The summed E-state index contributed by atoms with van der Waals surface area (Å²) in [6.07, 6.45) is 4.40. The second-order valence-electron chi connectivity index (χ2n) is 6.86. The lowest BCUT2D eigenvalue weighted by molar-refractivity contribution is -0.117. The number of aryl methyl sites for hydroxylation is 1. The summed E-state index contributed by atoms with van der Waals surface area (Å²) in [5.74, 6) is 1.31. The molecule has 0 bridgehead atoms. The number of nitriles is 1. The van der Waals surface area contributed by atoms with Gasteiger partial charge in [-0.15, -0.1) is 11.3 Å². The van der Waals surface area contributed by atoms with Crippen LogP contribution in [0.3, 0.4) is 0 Å². The highest BCUT2D eigenvalue weighted by Gasteiger charge is 2.25. The number of thiophene rings is 1. The van der Waals surface area contributed by atoms with Crippen molar-refractivity contribution in [2.24, 2.45) is 11.8 Å². The number of hydrogen-bond donors (Lipinski definition) is 1. The Morgan fingerprint density at radius 2 is 2.09 bits per heavy atom. The van der Waals surface area contributed by atoms with Crippen molar-refractivity contribution in [3.05, 3.63) is 16.0 Å². The molecule has 118 valence electrons. The van der Waals surface area contributed by atoms with E-state index in [-0.39, 0.29) is 5.91 Å². The third-order valence-corrected chi connectivity index (χ3v) is 5.80.